The molecule has 19 heavy (non-hydrogen) atoms. The molecule has 0 radical (unpaired) electrons. The lowest BCUT2D eigenvalue weighted by Crippen LogP contribution is -2.51. The van der Waals surface area contributed by atoms with Crippen LogP contribution in [0.5, 0.6) is 0 Å². The van der Waals surface area contributed by atoms with Crippen LogP contribution in [0.15, 0.2) is 5.11 Å². The van der Waals surface area contributed by atoms with Crippen LogP contribution < -0.4 is 4.72 Å². The van der Waals surface area contributed by atoms with Crippen LogP contribution >= 0.6 is 0 Å². The average molecular weight is 288 g/mol. The Morgan fingerprint density at radius 3 is 2.58 bits per heavy atom. The van der Waals surface area contributed by atoms with Crippen LogP contribution in [-0.2, 0) is 16.1 Å². The van der Waals surface area contributed by atoms with Crippen molar-refractivity contribution in [1.82, 2.24) is 4.72 Å². The molecule has 1 rings (SSSR count). The van der Waals surface area contributed by atoms with Crippen molar-refractivity contribution in [2.75, 3.05) is 0 Å². The summed E-state index contributed by atoms with van der Waals surface area (Å²) in [6.07, 6.45) is 1.53. The molecule has 0 amide bonds. The van der Waals surface area contributed by atoms with Crippen molar-refractivity contribution in [3.63, 3.8) is 0 Å². The van der Waals surface area contributed by atoms with Crippen LogP contribution in [0.1, 0.15) is 47.5 Å². The van der Waals surface area contributed by atoms with E-state index in [4.69, 9.17) is 10.3 Å². The fourth-order valence-electron chi connectivity index (χ4n) is 2.01. The molecule has 5 atom stereocenters. The second-order valence-corrected chi connectivity index (χ2v) is 8.01. The van der Waals surface area contributed by atoms with Crippen molar-refractivity contribution in [2.45, 2.75) is 76.5 Å². The van der Waals surface area contributed by atoms with E-state index >= 15 is 0 Å². The summed E-state index contributed by atoms with van der Waals surface area (Å²) >= 11 is -1.10. The Morgan fingerprint density at radius 1 is 1.47 bits per heavy atom. The molecule has 0 spiro atoms. The quantitative estimate of drug-likeness (QED) is 0.373. The molecule has 1 saturated heterocycles. The molecule has 1 heterocycles. The normalized spacial score (nSPS) is 31.4. The topological polar surface area (TPSA) is 93.1 Å². The summed E-state index contributed by atoms with van der Waals surface area (Å²) in [5.74, 6) is 0. The summed E-state index contributed by atoms with van der Waals surface area (Å²) < 4.78 is 20.7. The van der Waals surface area contributed by atoms with E-state index < -0.39 is 11.4 Å². The fourth-order valence-corrected chi connectivity index (χ4v) is 2.85. The van der Waals surface area contributed by atoms with Crippen molar-refractivity contribution in [1.29, 1.82) is 0 Å². The van der Waals surface area contributed by atoms with Crippen LogP contribution in [-0.4, -0.2) is 33.6 Å². The molecule has 0 aliphatic carbocycles. The van der Waals surface area contributed by atoms with Gasteiger partial charge < -0.3 is 9.29 Å². The van der Waals surface area contributed by atoms with Gasteiger partial charge in [-0.3, -0.25) is 0 Å². The van der Waals surface area contributed by atoms with Crippen LogP contribution in [0.4, 0.5) is 0 Å². The zero-order valence-electron chi connectivity index (χ0n) is 12.3. The Labute approximate surface area is 118 Å². The highest BCUT2D eigenvalue weighted by atomic mass is 32.2. The van der Waals surface area contributed by atoms with Crippen LogP contribution in [0.3, 0.4) is 0 Å². The molecule has 3 unspecified atom stereocenters. The summed E-state index contributed by atoms with van der Waals surface area (Å²) in [5, 5.41) is 3.73. The predicted octanol–water partition coefficient (Wildman–Crippen LogP) is 2.67. The molecule has 0 aromatic carbocycles. The molecule has 0 bridgehead atoms. The molecule has 7 heteroatoms. The minimum absolute atomic E-state index is 0.00597. The summed E-state index contributed by atoms with van der Waals surface area (Å²) in [6.45, 7) is 9.70. The summed E-state index contributed by atoms with van der Waals surface area (Å²) in [6, 6.07) is -0.0870. The molecule has 110 valence electrons. The summed E-state index contributed by atoms with van der Waals surface area (Å²) in [7, 11) is 0. The first-order valence-electron chi connectivity index (χ1n) is 6.63. The van der Waals surface area contributed by atoms with Gasteiger partial charge in [-0.2, -0.15) is 0 Å². The molecule has 0 aromatic heterocycles. The van der Waals surface area contributed by atoms with Gasteiger partial charge in [0.2, 0.25) is 0 Å². The van der Waals surface area contributed by atoms with Gasteiger partial charge >= 0.3 is 0 Å². The van der Waals surface area contributed by atoms with E-state index in [-0.39, 0.29) is 29.0 Å². The van der Waals surface area contributed by atoms with Crippen molar-refractivity contribution in [2.24, 2.45) is 5.11 Å². The van der Waals surface area contributed by atoms with Crippen LogP contribution in [0.25, 0.3) is 10.4 Å². The Morgan fingerprint density at radius 2 is 2.11 bits per heavy atom. The Hall–Kier alpha value is -0.460. The first kappa shape index (κ1) is 16.6. The third-order valence-electron chi connectivity index (χ3n) is 3.29. The lowest BCUT2D eigenvalue weighted by atomic mass is 9.97. The van der Waals surface area contributed by atoms with Gasteiger partial charge in [-0.1, -0.05) is 5.11 Å². The number of rotatable bonds is 4. The first-order chi connectivity index (χ1) is 8.75. The van der Waals surface area contributed by atoms with E-state index in [1.54, 1.807) is 0 Å². The smallest absolute Gasteiger partial charge is 0.136 e. The maximum absolute atomic E-state index is 12.0. The monoisotopic (exact) mass is 288 g/mol. The van der Waals surface area contributed by atoms with E-state index in [0.29, 0.717) is 0 Å². The highest BCUT2D eigenvalue weighted by molar-refractivity contribution is 7.90. The molecule has 1 fully saturated rings. The molecule has 0 aromatic rings. The van der Waals surface area contributed by atoms with Gasteiger partial charge in [-0.25, -0.2) is 0 Å². The molecule has 0 saturated carbocycles. The summed E-state index contributed by atoms with van der Waals surface area (Å²) in [4.78, 5) is 2.84. The van der Waals surface area contributed by atoms with Gasteiger partial charge in [-0.15, -0.1) is 4.72 Å². The zero-order valence-corrected chi connectivity index (χ0v) is 13.1. The van der Waals surface area contributed by atoms with E-state index in [1.165, 1.54) is 0 Å². The Balaban J connectivity index is 2.52. The lowest BCUT2D eigenvalue weighted by molar-refractivity contribution is -0.0616. The van der Waals surface area contributed by atoms with E-state index in [1.807, 2.05) is 34.6 Å². The lowest BCUT2D eigenvalue weighted by Gasteiger charge is -2.36. The first-order valence-corrected chi connectivity index (χ1v) is 7.78. The second-order valence-electron chi connectivity index (χ2n) is 6.02. The number of azide groups is 1. The fraction of sp³-hybridized carbons (Fsp3) is 1.00. The Kier molecular flexibility index (Phi) is 5.95. The van der Waals surface area contributed by atoms with Gasteiger partial charge in [0, 0.05) is 16.3 Å². The number of nitrogens with zero attached hydrogens (tertiary/aromatic N) is 3. The van der Waals surface area contributed by atoms with Crippen LogP contribution in [0.2, 0.25) is 0 Å². The predicted molar refractivity (Wildman–Crippen MR) is 77.0 cm³/mol. The largest absolute Gasteiger partial charge is 0.598 e. The average Bonchev–Trinajstić information content (AvgIpc) is 2.30. The highest BCUT2D eigenvalue weighted by Gasteiger charge is 2.35. The van der Waals surface area contributed by atoms with Crippen molar-refractivity contribution in [3.8, 4) is 0 Å². The molecule has 1 aliphatic rings. The van der Waals surface area contributed by atoms with Gasteiger partial charge in [0.15, 0.2) is 0 Å². The van der Waals surface area contributed by atoms with Crippen molar-refractivity contribution < 1.29 is 9.29 Å². The third kappa shape index (κ3) is 4.85. The minimum atomic E-state index is -1.10. The minimum Gasteiger partial charge on any atom is -0.598 e. The third-order valence-corrected chi connectivity index (χ3v) is 4.98. The molecular weight excluding hydrogens is 264 g/mol. The summed E-state index contributed by atoms with van der Waals surface area (Å²) in [5.41, 5.74) is 8.47. The molecule has 1 N–H and O–H groups in total. The standard InChI is InChI=1S/C12H24N4O2S/c1-8(15-19(17)12(3,4)5)11-7-6-10(14-16-13)9(2)18-11/h8-11,15H,6-7H2,1-5H3/t8-,9?,10?,11+,19?/m1/s1. The van der Waals surface area contributed by atoms with Gasteiger partial charge in [0.05, 0.1) is 24.3 Å². The maximum Gasteiger partial charge on any atom is 0.136 e. The van der Waals surface area contributed by atoms with Crippen molar-refractivity contribution >= 4 is 11.4 Å². The molecule has 6 nitrogen and oxygen atoms in total. The van der Waals surface area contributed by atoms with E-state index in [2.05, 4.69) is 14.7 Å². The maximum atomic E-state index is 12.0. The SMILES string of the molecule is CC1O[C@H]([C@@H](C)N[S+]([O-])C(C)(C)C)CCC1N=[N+]=[N-]. The van der Waals surface area contributed by atoms with E-state index in [9.17, 15) is 4.55 Å². The zero-order chi connectivity index (χ0) is 14.6. The number of nitrogens with one attached hydrogen (secondary N) is 1. The van der Waals surface area contributed by atoms with Crippen molar-refractivity contribution in [3.05, 3.63) is 10.4 Å². The molecule has 1 aliphatic heterocycles. The number of ether oxygens (including phenoxy) is 1. The number of hydrogen-bond acceptors (Lipinski definition) is 4. The second kappa shape index (κ2) is 6.81. The van der Waals surface area contributed by atoms with Gasteiger partial charge in [0.1, 0.15) is 4.75 Å². The molecular formula is C12H24N4O2S. The number of hydrogen-bond donors (Lipinski definition) is 1. The van der Waals surface area contributed by atoms with Gasteiger partial charge in [0.25, 0.3) is 0 Å². The Bertz CT molecular complexity index is 341. The van der Waals surface area contributed by atoms with Crippen LogP contribution in [0, 0.1) is 0 Å². The van der Waals surface area contributed by atoms with E-state index in [0.717, 1.165) is 12.8 Å². The van der Waals surface area contributed by atoms with Gasteiger partial charge in [-0.05, 0) is 53.0 Å². The highest BCUT2D eigenvalue weighted by Crippen LogP contribution is 2.25.